The molecule has 164 valence electrons. The zero-order chi connectivity index (χ0) is 23.0. The summed E-state index contributed by atoms with van der Waals surface area (Å²) in [5, 5.41) is 11.8. The minimum absolute atomic E-state index is 0.00440. The Morgan fingerprint density at radius 1 is 0.875 bits per heavy atom. The zero-order valence-electron chi connectivity index (χ0n) is 17.0. The molecule has 0 bridgehead atoms. The number of hydrogen-bond donors (Lipinski definition) is 1. The van der Waals surface area contributed by atoms with Crippen LogP contribution in [0.15, 0.2) is 88.4 Å². The van der Waals surface area contributed by atoms with Crippen molar-refractivity contribution in [1.82, 2.24) is 4.90 Å². The van der Waals surface area contributed by atoms with Gasteiger partial charge >= 0.3 is 0 Å². The summed E-state index contributed by atoms with van der Waals surface area (Å²) in [5.74, 6) is -1.54. The maximum atomic E-state index is 13.6. The molecular formula is C24H19Cl2NO4S. The van der Waals surface area contributed by atoms with E-state index in [0.29, 0.717) is 15.6 Å². The average molecular weight is 488 g/mol. The maximum absolute atomic E-state index is 13.6. The summed E-state index contributed by atoms with van der Waals surface area (Å²) in [5.41, 5.74) is 2.15. The molecule has 3 aromatic carbocycles. The molecule has 0 spiro atoms. The highest BCUT2D eigenvalue weighted by molar-refractivity contribution is 7.95. The molecule has 0 saturated heterocycles. The highest BCUT2D eigenvalue weighted by atomic mass is 35.5. The van der Waals surface area contributed by atoms with E-state index in [-0.39, 0.29) is 16.3 Å². The number of benzene rings is 3. The Hall–Kier alpha value is -2.80. The molecule has 4 rings (SSSR count). The van der Waals surface area contributed by atoms with Crippen LogP contribution >= 0.6 is 23.2 Å². The molecule has 0 aromatic heterocycles. The molecule has 0 fully saturated rings. The number of carbonyl (C=O) groups excluding carboxylic acids is 1. The molecule has 3 aromatic rings. The molecule has 0 radical (unpaired) electrons. The first-order valence-corrected chi connectivity index (χ1v) is 12.0. The minimum Gasteiger partial charge on any atom is -0.502 e. The fraction of sp³-hybridized carbons (Fsp3) is 0.125. The molecule has 1 aliphatic rings. The number of amides is 1. The lowest BCUT2D eigenvalue weighted by Crippen LogP contribution is -2.30. The first-order chi connectivity index (χ1) is 15.2. The lowest BCUT2D eigenvalue weighted by atomic mass is 10.1. The normalized spacial score (nSPS) is 16.7. The van der Waals surface area contributed by atoms with E-state index < -0.39 is 27.5 Å². The average Bonchev–Trinajstić information content (AvgIpc) is 3.01. The molecule has 5 nitrogen and oxygen atoms in total. The third-order valence-corrected chi connectivity index (χ3v) is 7.72. The molecule has 8 heteroatoms. The molecule has 0 aliphatic carbocycles. The Morgan fingerprint density at radius 3 is 1.97 bits per heavy atom. The maximum Gasteiger partial charge on any atom is 0.290 e. The molecule has 1 atom stereocenters. The quantitative estimate of drug-likeness (QED) is 0.505. The summed E-state index contributed by atoms with van der Waals surface area (Å²) in [7, 11) is -4.16. The van der Waals surface area contributed by atoms with Crippen LogP contribution in [0.5, 0.6) is 0 Å². The Morgan fingerprint density at radius 2 is 1.41 bits per heavy atom. The number of aliphatic hydroxyl groups excluding tert-OH is 1. The van der Waals surface area contributed by atoms with E-state index >= 15 is 0 Å². The second-order valence-corrected chi connectivity index (χ2v) is 10.3. The number of sulfone groups is 1. The van der Waals surface area contributed by atoms with Gasteiger partial charge in [0.15, 0.2) is 5.76 Å². The lowest BCUT2D eigenvalue weighted by Gasteiger charge is -2.27. The highest BCUT2D eigenvalue weighted by Gasteiger charge is 2.46. The topological polar surface area (TPSA) is 74.7 Å². The van der Waals surface area contributed by atoms with Crippen molar-refractivity contribution in [1.29, 1.82) is 0 Å². The van der Waals surface area contributed by atoms with Crippen molar-refractivity contribution in [3.05, 3.63) is 110 Å². The van der Waals surface area contributed by atoms with E-state index in [4.69, 9.17) is 23.2 Å². The van der Waals surface area contributed by atoms with Crippen LogP contribution in [0.25, 0.3) is 0 Å². The van der Waals surface area contributed by atoms with Crippen LogP contribution in [0.3, 0.4) is 0 Å². The van der Waals surface area contributed by atoms with Crippen molar-refractivity contribution in [2.45, 2.75) is 24.4 Å². The Balaban J connectivity index is 1.84. The summed E-state index contributed by atoms with van der Waals surface area (Å²) in [6.07, 6.45) is 0. The van der Waals surface area contributed by atoms with Gasteiger partial charge in [-0.1, -0.05) is 65.2 Å². The Labute approximate surface area is 196 Å². The van der Waals surface area contributed by atoms with Gasteiger partial charge in [0.25, 0.3) is 5.91 Å². The summed E-state index contributed by atoms with van der Waals surface area (Å²) in [6.45, 7) is 1.93. The third-order valence-electron chi connectivity index (χ3n) is 5.33. The van der Waals surface area contributed by atoms with Crippen molar-refractivity contribution >= 4 is 38.9 Å². The van der Waals surface area contributed by atoms with Crippen molar-refractivity contribution in [2.75, 3.05) is 0 Å². The van der Waals surface area contributed by atoms with E-state index in [1.807, 2.05) is 6.92 Å². The first-order valence-electron chi connectivity index (χ1n) is 9.74. The number of halogens is 2. The van der Waals surface area contributed by atoms with Crippen LogP contribution in [0.1, 0.15) is 22.7 Å². The van der Waals surface area contributed by atoms with E-state index in [1.165, 1.54) is 17.0 Å². The Bertz CT molecular complexity index is 1300. The van der Waals surface area contributed by atoms with E-state index in [9.17, 15) is 18.3 Å². The van der Waals surface area contributed by atoms with Gasteiger partial charge in [0, 0.05) is 16.6 Å². The third kappa shape index (κ3) is 4.13. The number of aliphatic hydroxyl groups is 1. The van der Waals surface area contributed by atoms with Gasteiger partial charge in [-0.25, -0.2) is 8.42 Å². The highest BCUT2D eigenvalue weighted by Crippen LogP contribution is 2.43. The van der Waals surface area contributed by atoms with Gasteiger partial charge in [-0.05, 0) is 54.4 Å². The standard InChI is InChI=1S/C24H19Cl2NO4S/c1-15-2-12-20(13-3-15)32(30,31)23-21(17-6-10-19(26)11-7-17)27(24(29)22(23)28)14-16-4-8-18(25)9-5-16/h2-13,21,28H,14H2,1H3. The second-order valence-electron chi connectivity index (χ2n) is 7.54. The van der Waals surface area contributed by atoms with Gasteiger partial charge in [-0.3, -0.25) is 4.79 Å². The van der Waals surface area contributed by atoms with Crippen molar-refractivity contribution in [3.8, 4) is 0 Å². The Kier molecular flexibility index (Phi) is 6.03. The molecule has 1 heterocycles. The molecule has 1 amide bonds. The van der Waals surface area contributed by atoms with E-state index in [1.54, 1.807) is 60.7 Å². The van der Waals surface area contributed by atoms with Crippen LogP contribution in [0, 0.1) is 6.92 Å². The van der Waals surface area contributed by atoms with Crippen LogP contribution < -0.4 is 0 Å². The van der Waals surface area contributed by atoms with Crippen LogP contribution in [0.4, 0.5) is 0 Å². The van der Waals surface area contributed by atoms with Crippen molar-refractivity contribution in [2.24, 2.45) is 0 Å². The van der Waals surface area contributed by atoms with E-state index in [0.717, 1.165) is 11.1 Å². The largest absolute Gasteiger partial charge is 0.502 e. The lowest BCUT2D eigenvalue weighted by molar-refractivity contribution is -0.130. The predicted octanol–water partition coefficient (Wildman–Crippen LogP) is 5.63. The van der Waals surface area contributed by atoms with E-state index in [2.05, 4.69) is 0 Å². The van der Waals surface area contributed by atoms with Gasteiger partial charge in [0.05, 0.1) is 10.9 Å². The molecule has 32 heavy (non-hydrogen) atoms. The number of aryl methyl sites for hydroxylation is 1. The SMILES string of the molecule is Cc1ccc(S(=O)(=O)C2=C(O)C(=O)N(Cc3ccc(Cl)cc3)C2c2ccc(Cl)cc2)cc1. The number of nitrogens with zero attached hydrogens (tertiary/aromatic N) is 1. The van der Waals surface area contributed by atoms with Crippen molar-refractivity contribution in [3.63, 3.8) is 0 Å². The number of rotatable bonds is 5. The number of hydrogen-bond acceptors (Lipinski definition) is 4. The van der Waals surface area contributed by atoms with Gasteiger partial charge in [-0.2, -0.15) is 0 Å². The first kappa shape index (κ1) is 22.4. The second kappa shape index (κ2) is 8.62. The van der Waals surface area contributed by atoms with Gasteiger partial charge < -0.3 is 10.0 Å². The molecule has 1 aliphatic heterocycles. The van der Waals surface area contributed by atoms with Gasteiger partial charge in [0.2, 0.25) is 9.84 Å². The fourth-order valence-electron chi connectivity index (χ4n) is 3.67. The van der Waals surface area contributed by atoms with Gasteiger partial charge in [-0.15, -0.1) is 0 Å². The summed E-state index contributed by atoms with van der Waals surface area (Å²) < 4.78 is 27.1. The molecule has 0 saturated carbocycles. The predicted molar refractivity (Wildman–Crippen MR) is 124 cm³/mol. The molecule has 1 N–H and O–H groups in total. The summed E-state index contributed by atoms with van der Waals surface area (Å²) >= 11 is 12.0. The zero-order valence-corrected chi connectivity index (χ0v) is 19.3. The van der Waals surface area contributed by atoms with Crippen LogP contribution in [-0.4, -0.2) is 24.3 Å². The fourth-order valence-corrected chi connectivity index (χ4v) is 5.57. The molecule has 1 unspecified atom stereocenters. The summed E-state index contributed by atoms with van der Waals surface area (Å²) in [4.78, 5) is 14.1. The number of carbonyl (C=O) groups is 1. The molecular weight excluding hydrogens is 469 g/mol. The van der Waals surface area contributed by atoms with Gasteiger partial charge in [0.1, 0.15) is 4.91 Å². The summed E-state index contributed by atoms with van der Waals surface area (Å²) in [6, 6.07) is 18.7. The smallest absolute Gasteiger partial charge is 0.290 e. The van der Waals surface area contributed by atoms with Crippen molar-refractivity contribution < 1.29 is 18.3 Å². The minimum atomic E-state index is -4.16. The van der Waals surface area contributed by atoms with Crippen LogP contribution in [-0.2, 0) is 21.2 Å². The monoisotopic (exact) mass is 487 g/mol. The van der Waals surface area contributed by atoms with Crippen LogP contribution in [0.2, 0.25) is 10.0 Å².